The lowest BCUT2D eigenvalue weighted by Crippen LogP contribution is -2.34. The van der Waals surface area contributed by atoms with Gasteiger partial charge in [0.25, 0.3) is 5.91 Å². The number of hydrazone groups is 1. The van der Waals surface area contributed by atoms with Crippen molar-refractivity contribution in [2.45, 2.75) is 31.7 Å². The van der Waals surface area contributed by atoms with Gasteiger partial charge in [0.1, 0.15) is 11.6 Å². The van der Waals surface area contributed by atoms with Crippen LogP contribution in [0.1, 0.15) is 42.0 Å². The topological polar surface area (TPSA) is 59.0 Å². The van der Waals surface area contributed by atoms with Crippen molar-refractivity contribution in [3.8, 4) is 0 Å². The number of fused-ring (bicyclic) bond motifs is 1. The Morgan fingerprint density at radius 3 is 2.47 bits per heavy atom. The molecule has 5 nitrogen and oxygen atoms in total. The highest BCUT2D eigenvalue weighted by atomic mass is 32.1. The molecule has 1 amide bonds. The number of thiophene rings is 1. The van der Waals surface area contributed by atoms with Crippen molar-refractivity contribution < 1.29 is 23.1 Å². The van der Waals surface area contributed by atoms with E-state index < -0.39 is 24.5 Å². The number of hydrogen-bond acceptors (Lipinski definition) is 5. The Balaban J connectivity index is 1.41. The molecule has 2 aliphatic rings. The number of nitrogens with zero attached hydrogens (tertiary/aromatic N) is 2. The van der Waals surface area contributed by atoms with Crippen molar-refractivity contribution in [3.63, 3.8) is 0 Å². The molecule has 2 unspecified atom stereocenters. The summed E-state index contributed by atoms with van der Waals surface area (Å²) < 4.78 is 32.3. The van der Waals surface area contributed by atoms with Crippen LogP contribution < -0.4 is 0 Å². The summed E-state index contributed by atoms with van der Waals surface area (Å²) in [5, 5.41) is 9.83. The number of ether oxygens (including phenoxy) is 1. The van der Waals surface area contributed by atoms with Crippen molar-refractivity contribution in [1.82, 2.24) is 5.01 Å². The lowest BCUT2D eigenvalue weighted by molar-refractivity contribution is -0.152. The Labute approximate surface area is 211 Å². The number of halogens is 2. The third-order valence-corrected chi connectivity index (χ3v) is 7.20. The molecule has 1 saturated carbocycles. The van der Waals surface area contributed by atoms with Crippen LogP contribution >= 0.6 is 11.3 Å². The third kappa shape index (κ3) is 5.28. The standard InChI is InChI=1S/C28H24F2N2O3S/c29-22-8-4-18(5-9-22)14-21-2-1-3-24-27(21)31-32(28(24)20-6-10-23(30)11-7-20)25(33)16-35-26(34)15-19-12-13-36-17-19/h4-14,17,24,28H,1-3,15-16H2/b21-14-. The van der Waals surface area contributed by atoms with Crippen LogP contribution in [0.3, 0.4) is 0 Å². The highest BCUT2D eigenvalue weighted by Crippen LogP contribution is 2.44. The molecule has 8 heteroatoms. The zero-order valence-electron chi connectivity index (χ0n) is 19.4. The maximum Gasteiger partial charge on any atom is 0.310 e. The number of benzene rings is 2. The summed E-state index contributed by atoms with van der Waals surface area (Å²) >= 11 is 1.49. The number of rotatable bonds is 6. The molecule has 184 valence electrons. The van der Waals surface area contributed by atoms with Crippen LogP contribution in [0.25, 0.3) is 6.08 Å². The molecule has 2 atom stereocenters. The Morgan fingerprint density at radius 1 is 1.06 bits per heavy atom. The maximum atomic E-state index is 13.7. The van der Waals surface area contributed by atoms with Gasteiger partial charge in [0.05, 0.1) is 18.2 Å². The van der Waals surface area contributed by atoms with E-state index in [4.69, 9.17) is 9.84 Å². The molecular weight excluding hydrogens is 482 g/mol. The van der Waals surface area contributed by atoms with Crippen molar-refractivity contribution in [2.24, 2.45) is 11.0 Å². The SMILES string of the molecule is O=C(Cc1ccsc1)OCC(=O)N1N=C2/C(=C\c3ccc(F)cc3)CCCC2C1c1ccc(F)cc1. The van der Waals surface area contributed by atoms with E-state index in [-0.39, 0.29) is 24.0 Å². The van der Waals surface area contributed by atoms with E-state index in [1.54, 1.807) is 24.3 Å². The molecule has 3 aromatic rings. The molecule has 1 aromatic heterocycles. The van der Waals surface area contributed by atoms with E-state index in [1.807, 2.05) is 22.9 Å². The van der Waals surface area contributed by atoms with Gasteiger partial charge in [-0.05, 0) is 88.7 Å². The van der Waals surface area contributed by atoms with Crippen molar-refractivity contribution in [2.75, 3.05) is 6.61 Å². The third-order valence-electron chi connectivity index (χ3n) is 6.46. The average molecular weight is 507 g/mol. The second kappa shape index (κ2) is 10.5. The molecule has 1 aliphatic heterocycles. The molecule has 36 heavy (non-hydrogen) atoms. The van der Waals surface area contributed by atoms with E-state index >= 15 is 0 Å². The summed E-state index contributed by atoms with van der Waals surface area (Å²) in [6.45, 7) is -0.429. The van der Waals surface area contributed by atoms with Crippen LogP contribution in [-0.2, 0) is 20.7 Å². The van der Waals surface area contributed by atoms with Gasteiger partial charge < -0.3 is 4.74 Å². The van der Waals surface area contributed by atoms with E-state index in [2.05, 4.69) is 0 Å². The fourth-order valence-corrected chi connectivity index (χ4v) is 5.45. The summed E-state index contributed by atoms with van der Waals surface area (Å²) in [4.78, 5) is 25.5. The first-order chi connectivity index (χ1) is 17.5. The van der Waals surface area contributed by atoms with E-state index in [1.165, 1.54) is 40.6 Å². The first-order valence-electron chi connectivity index (χ1n) is 11.8. The Bertz CT molecular complexity index is 1300. The van der Waals surface area contributed by atoms with Crippen LogP contribution in [0, 0.1) is 17.6 Å². The van der Waals surface area contributed by atoms with E-state index in [0.717, 1.165) is 47.2 Å². The molecule has 5 rings (SSSR count). The summed E-state index contributed by atoms with van der Waals surface area (Å²) in [6.07, 6.45) is 4.55. The van der Waals surface area contributed by atoms with Gasteiger partial charge in [-0.2, -0.15) is 16.4 Å². The summed E-state index contributed by atoms with van der Waals surface area (Å²) in [5.41, 5.74) is 4.22. The summed E-state index contributed by atoms with van der Waals surface area (Å²) in [7, 11) is 0. The number of amides is 1. The Hall–Kier alpha value is -3.65. The Morgan fingerprint density at radius 2 is 1.78 bits per heavy atom. The van der Waals surface area contributed by atoms with Crippen LogP contribution in [0.4, 0.5) is 8.78 Å². The Kier molecular flexibility index (Phi) is 7.04. The van der Waals surface area contributed by atoms with Gasteiger partial charge in [-0.15, -0.1) is 0 Å². The zero-order chi connectivity index (χ0) is 25.1. The van der Waals surface area contributed by atoms with Crippen molar-refractivity contribution in [1.29, 1.82) is 0 Å². The largest absolute Gasteiger partial charge is 0.455 e. The number of esters is 1. The molecule has 0 bridgehead atoms. The minimum absolute atomic E-state index is 0.0821. The van der Waals surface area contributed by atoms with Crippen LogP contribution in [0.5, 0.6) is 0 Å². The lowest BCUT2D eigenvalue weighted by Gasteiger charge is -2.29. The fraction of sp³-hybridized carbons (Fsp3) is 0.250. The first-order valence-corrected chi connectivity index (χ1v) is 12.7. The molecule has 2 aromatic carbocycles. The van der Waals surface area contributed by atoms with Gasteiger partial charge in [-0.25, -0.2) is 13.8 Å². The molecule has 2 heterocycles. The minimum atomic E-state index is -0.485. The maximum absolute atomic E-state index is 13.7. The van der Waals surface area contributed by atoms with Gasteiger partial charge in [0.2, 0.25) is 0 Å². The van der Waals surface area contributed by atoms with E-state index in [9.17, 15) is 18.4 Å². The van der Waals surface area contributed by atoms with Gasteiger partial charge in [-0.1, -0.05) is 24.3 Å². The molecule has 0 saturated heterocycles. The fourth-order valence-electron chi connectivity index (χ4n) is 4.78. The number of allylic oxidation sites excluding steroid dienone is 1. The molecule has 1 aliphatic carbocycles. The highest BCUT2D eigenvalue weighted by Gasteiger charge is 2.43. The second-order valence-electron chi connectivity index (χ2n) is 8.91. The molecule has 0 N–H and O–H groups in total. The summed E-state index contributed by atoms with van der Waals surface area (Å²) in [5.74, 6) is -1.68. The van der Waals surface area contributed by atoms with Crippen LogP contribution in [0.15, 0.2) is 76.0 Å². The molecule has 0 radical (unpaired) electrons. The predicted molar refractivity (Wildman–Crippen MR) is 134 cm³/mol. The normalized spacial score (nSPS) is 20.2. The van der Waals surface area contributed by atoms with Crippen molar-refractivity contribution >= 4 is 35.0 Å². The van der Waals surface area contributed by atoms with Gasteiger partial charge in [-0.3, -0.25) is 9.59 Å². The monoisotopic (exact) mass is 506 g/mol. The quantitative estimate of drug-likeness (QED) is 0.389. The highest BCUT2D eigenvalue weighted by molar-refractivity contribution is 7.08. The lowest BCUT2D eigenvalue weighted by atomic mass is 9.77. The number of carbonyl (C=O) groups excluding carboxylic acids is 2. The summed E-state index contributed by atoms with van der Waals surface area (Å²) in [6, 6.07) is 13.7. The molecule has 1 fully saturated rings. The van der Waals surface area contributed by atoms with Gasteiger partial charge >= 0.3 is 5.97 Å². The predicted octanol–water partition coefficient (Wildman–Crippen LogP) is 5.94. The van der Waals surface area contributed by atoms with Gasteiger partial charge in [0.15, 0.2) is 6.61 Å². The van der Waals surface area contributed by atoms with Crippen molar-refractivity contribution in [3.05, 3.63) is 99.3 Å². The smallest absolute Gasteiger partial charge is 0.310 e. The first kappa shape index (κ1) is 24.1. The second-order valence-corrected chi connectivity index (χ2v) is 9.69. The molecular formula is C28H24F2N2O3S. The molecule has 0 spiro atoms. The van der Waals surface area contributed by atoms with Crippen LogP contribution in [-0.4, -0.2) is 29.2 Å². The van der Waals surface area contributed by atoms with Gasteiger partial charge in [0, 0.05) is 5.92 Å². The van der Waals surface area contributed by atoms with E-state index in [0.29, 0.717) is 0 Å². The minimum Gasteiger partial charge on any atom is -0.455 e. The average Bonchev–Trinajstić information content (AvgIpc) is 3.53. The number of carbonyl (C=O) groups is 2. The number of hydrogen-bond donors (Lipinski definition) is 0. The zero-order valence-corrected chi connectivity index (χ0v) is 20.2. The van der Waals surface area contributed by atoms with Crippen LogP contribution in [0.2, 0.25) is 0 Å².